The zero-order valence-electron chi connectivity index (χ0n) is 25.8. The van der Waals surface area contributed by atoms with Gasteiger partial charge in [0, 0.05) is 62.8 Å². The van der Waals surface area contributed by atoms with Crippen LogP contribution in [0.4, 0.5) is 32.1 Å². The van der Waals surface area contributed by atoms with Crippen LogP contribution in [0, 0.1) is 18.6 Å². The normalized spacial score (nSPS) is 13.6. The van der Waals surface area contributed by atoms with E-state index in [0.717, 1.165) is 37.3 Å². The lowest BCUT2D eigenvalue weighted by Gasteiger charge is -2.37. The predicted molar refractivity (Wildman–Crippen MR) is 174 cm³/mol. The summed E-state index contributed by atoms with van der Waals surface area (Å²) >= 11 is 0. The second-order valence-electron chi connectivity index (χ2n) is 11.3. The Morgan fingerprint density at radius 2 is 1.74 bits per heavy atom. The lowest BCUT2D eigenvalue weighted by atomic mass is 10.1. The van der Waals surface area contributed by atoms with Crippen LogP contribution >= 0.6 is 0 Å². The number of aryl methyl sites for hydroxylation is 2. The number of halogens is 2. The molecule has 0 bridgehead atoms. The topological polar surface area (TPSA) is 139 Å². The van der Waals surface area contributed by atoms with Crippen LogP contribution in [0.2, 0.25) is 0 Å². The van der Waals surface area contributed by atoms with Gasteiger partial charge in [-0.3, -0.25) is 23.6 Å². The number of carboxylic acid groups (broad SMARTS) is 1. The number of nitrogens with zero attached hydrogens (tertiary/aromatic N) is 5. The van der Waals surface area contributed by atoms with Crippen LogP contribution < -0.4 is 26.9 Å². The molecule has 242 valence electrons. The number of aromatic carboxylic acids is 1. The molecule has 0 saturated carbocycles. The van der Waals surface area contributed by atoms with E-state index in [4.69, 9.17) is 5.73 Å². The highest BCUT2D eigenvalue weighted by molar-refractivity contribution is 5.87. The van der Waals surface area contributed by atoms with Gasteiger partial charge in [0.2, 0.25) is 5.95 Å². The molecular formula is C33H37F2N7O4. The predicted octanol–water partition coefficient (Wildman–Crippen LogP) is 4.17. The van der Waals surface area contributed by atoms with Crippen LogP contribution in [-0.4, -0.2) is 62.8 Å². The van der Waals surface area contributed by atoms with Gasteiger partial charge in [-0.2, -0.15) is 4.98 Å². The summed E-state index contributed by atoms with van der Waals surface area (Å²) in [4.78, 5) is 45.5. The zero-order chi connectivity index (χ0) is 33.0. The van der Waals surface area contributed by atoms with Crippen molar-refractivity contribution in [1.82, 2.24) is 19.0 Å². The summed E-state index contributed by atoms with van der Waals surface area (Å²) in [5.41, 5.74) is 7.91. The summed E-state index contributed by atoms with van der Waals surface area (Å²) < 4.78 is 31.1. The summed E-state index contributed by atoms with van der Waals surface area (Å²) in [6, 6.07) is 11.6. The van der Waals surface area contributed by atoms with E-state index in [2.05, 4.69) is 29.0 Å². The van der Waals surface area contributed by atoms with Crippen molar-refractivity contribution in [2.45, 2.75) is 39.7 Å². The molecule has 4 aromatic rings. The highest BCUT2D eigenvalue weighted by Crippen LogP contribution is 2.24. The Morgan fingerprint density at radius 3 is 2.41 bits per heavy atom. The number of anilines is 4. The maximum absolute atomic E-state index is 14.7. The molecule has 0 amide bonds. The van der Waals surface area contributed by atoms with E-state index in [0.29, 0.717) is 56.8 Å². The number of aromatic nitrogens is 3. The van der Waals surface area contributed by atoms with Gasteiger partial charge in [-0.1, -0.05) is 13.0 Å². The molecule has 11 nitrogen and oxygen atoms in total. The van der Waals surface area contributed by atoms with Crippen molar-refractivity contribution in [3.8, 4) is 5.69 Å². The summed E-state index contributed by atoms with van der Waals surface area (Å²) in [6.07, 6.45) is 3.49. The number of rotatable bonds is 11. The summed E-state index contributed by atoms with van der Waals surface area (Å²) in [7, 11) is 0. The molecule has 3 heterocycles. The quantitative estimate of drug-likeness (QED) is 0.208. The first-order chi connectivity index (χ1) is 22.0. The zero-order valence-corrected chi connectivity index (χ0v) is 25.8. The van der Waals surface area contributed by atoms with E-state index in [-0.39, 0.29) is 17.2 Å². The number of carbonyl (C=O) groups is 1. The van der Waals surface area contributed by atoms with E-state index < -0.39 is 28.6 Å². The number of unbranched alkanes of at least 4 members (excludes halogenated alkanes) is 1. The van der Waals surface area contributed by atoms with E-state index in [1.807, 2.05) is 23.1 Å². The third-order valence-corrected chi connectivity index (χ3v) is 8.27. The van der Waals surface area contributed by atoms with Crippen molar-refractivity contribution >= 4 is 29.2 Å². The van der Waals surface area contributed by atoms with Crippen molar-refractivity contribution in [1.29, 1.82) is 0 Å². The van der Waals surface area contributed by atoms with Gasteiger partial charge in [-0.25, -0.2) is 13.6 Å². The lowest BCUT2D eigenvalue weighted by molar-refractivity contribution is 0.0694. The minimum absolute atomic E-state index is 0.0603. The molecule has 0 aliphatic carbocycles. The second kappa shape index (κ2) is 13.9. The minimum Gasteiger partial charge on any atom is -0.477 e. The van der Waals surface area contributed by atoms with Gasteiger partial charge in [0.15, 0.2) is 5.43 Å². The molecule has 2 aromatic carbocycles. The number of piperazine rings is 1. The fourth-order valence-electron chi connectivity index (χ4n) is 5.69. The summed E-state index contributed by atoms with van der Waals surface area (Å²) in [5.74, 6) is -2.21. The second-order valence-corrected chi connectivity index (χ2v) is 11.3. The van der Waals surface area contributed by atoms with E-state index >= 15 is 0 Å². The Bertz CT molecular complexity index is 1870. The van der Waals surface area contributed by atoms with Crippen LogP contribution in [0.15, 0.2) is 64.3 Å². The number of pyridine rings is 1. The van der Waals surface area contributed by atoms with E-state index in [1.165, 1.54) is 38.5 Å². The number of nitrogens with two attached hydrogens (primary N) is 1. The number of nitrogens with one attached hydrogen (secondary N) is 1. The number of benzene rings is 2. The molecule has 46 heavy (non-hydrogen) atoms. The average Bonchev–Trinajstić information content (AvgIpc) is 3.01. The van der Waals surface area contributed by atoms with Gasteiger partial charge in [0.05, 0.1) is 5.69 Å². The third-order valence-electron chi connectivity index (χ3n) is 8.27. The molecule has 0 atom stereocenters. The van der Waals surface area contributed by atoms with Gasteiger partial charge in [0.25, 0.3) is 5.56 Å². The van der Waals surface area contributed by atoms with Gasteiger partial charge in [-0.05, 0) is 68.1 Å². The van der Waals surface area contributed by atoms with Gasteiger partial charge < -0.3 is 21.1 Å². The lowest BCUT2D eigenvalue weighted by Crippen LogP contribution is -2.47. The van der Waals surface area contributed by atoms with Crippen molar-refractivity contribution < 1.29 is 18.7 Å². The first-order valence-electron chi connectivity index (χ1n) is 15.2. The van der Waals surface area contributed by atoms with Gasteiger partial charge in [-0.15, -0.1) is 0 Å². The van der Waals surface area contributed by atoms with E-state index in [1.54, 1.807) is 0 Å². The van der Waals surface area contributed by atoms with Gasteiger partial charge in [0.1, 0.15) is 28.8 Å². The van der Waals surface area contributed by atoms with Crippen molar-refractivity contribution in [3.63, 3.8) is 0 Å². The Balaban J connectivity index is 1.17. The molecule has 4 N–H and O–H groups in total. The molecule has 1 saturated heterocycles. The van der Waals surface area contributed by atoms with Crippen molar-refractivity contribution in [3.05, 3.63) is 104 Å². The maximum Gasteiger partial charge on any atom is 0.341 e. The van der Waals surface area contributed by atoms with Crippen LogP contribution in [0.1, 0.15) is 41.3 Å². The van der Waals surface area contributed by atoms with Crippen molar-refractivity contribution in [2.24, 2.45) is 0 Å². The Morgan fingerprint density at radius 1 is 1.00 bits per heavy atom. The van der Waals surface area contributed by atoms with Crippen LogP contribution in [-0.2, 0) is 13.0 Å². The first kappa shape index (κ1) is 32.4. The molecule has 2 aromatic heterocycles. The number of hydrogen-bond acceptors (Lipinski definition) is 8. The SMILES string of the molecule is CCc1cc(Nc2cc(=O)n(CCCCN3CCN(c4cc(=O)c(C(=O)O)cn4-c4ccc(F)cc4F)CC3)c(N)n2)ccc1C. The van der Waals surface area contributed by atoms with Crippen LogP contribution in [0.25, 0.3) is 5.69 Å². The molecule has 0 radical (unpaired) electrons. The third kappa shape index (κ3) is 7.26. The molecule has 1 aliphatic rings. The molecule has 0 spiro atoms. The molecular weight excluding hydrogens is 596 g/mol. The highest BCUT2D eigenvalue weighted by atomic mass is 19.1. The molecule has 1 fully saturated rings. The van der Waals surface area contributed by atoms with Crippen LogP contribution in [0.3, 0.4) is 0 Å². The van der Waals surface area contributed by atoms with E-state index in [9.17, 15) is 28.3 Å². The first-order valence-corrected chi connectivity index (χ1v) is 15.2. The molecule has 13 heteroatoms. The summed E-state index contributed by atoms with van der Waals surface area (Å²) in [6.45, 7) is 7.62. The number of carboxylic acids is 1. The smallest absolute Gasteiger partial charge is 0.341 e. The highest BCUT2D eigenvalue weighted by Gasteiger charge is 2.23. The van der Waals surface area contributed by atoms with Gasteiger partial charge >= 0.3 is 5.97 Å². The molecule has 0 unspecified atom stereocenters. The minimum atomic E-state index is -1.43. The van der Waals surface area contributed by atoms with Crippen molar-refractivity contribution in [2.75, 3.05) is 48.7 Å². The largest absolute Gasteiger partial charge is 0.477 e. The standard InChI is InChI=1S/C33H37F2N7O4/c1-3-22-16-24(8-6-21(22)2)37-29-19-31(44)41(33(36)38-29)11-5-4-10-39-12-14-40(15-13-39)30-18-28(43)25(32(45)46)20-42(30)27-9-7-23(34)17-26(27)35/h6-9,16-20,37H,3-5,10-15H2,1-2H3,(H2,36,38)(H,45,46). The average molecular weight is 634 g/mol. The maximum atomic E-state index is 14.7. The number of hydrogen-bond donors (Lipinski definition) is 3. The Hall–Kier alpha value is -5.04. The van der Waals surface area contributed by atoms with Crippen LogP contribution in [0.5, 0.6) is 0 Å². The fourth-order valence-corrected chi connectivity index (χ4v) is 5.69. The fraction of sp³-hybridized carbons (Fsp3) is 0.333. The Kier molecular flexibility index (Phi) is 9.81. The number of nitrogen functional groups attached to an aromatic ring is 1. The molecule has 5 rings (SSSR count). The molecule has 1 aliphatic heterocycles. The monoisotopic (exact) mass is 633 g/mol. The Labute approximate surface area is 264 Å². The summed E-state index contributed by atoms with van der Waals surface area (Å²) in [5, 5.41) is 12.6.